The highest BCUT2D eigenvalue weighted by atomic mass is 32.2. The molecule has 2 heterocycles. The van der Waals surface area contributed by atoms with Crippen molar-refractivity contribution in [2.45, 2.75) is 43.5 Å². The van der Waals surface area contributed by atoms with Crippen LogP contribution in [0, 0.1) is 12.7 Å². The van der Waals surface area contributed by atoms with Crippen LogP contribution >= 0.6 is 11.8 Å². The van der Waals surface area contributed by atoms with Gasteiger partial charge in [-0.2, -0.15) is 5.10 Å². The standard InChI is InChI=1S/C22H24FN3S/c1-3-26-15-18(16(2)24-26)14-25-12-11-21(17-7-6-8-19(23)13-17)27-22-10-5-4-9-20(22)25/h4-10,13,15,21H,3,11-12,14H2,1-2H3/t21-/m0/s1. The quantitative estimate of drug-likeness (QED) is 0.587. The van der Waals surface area contributed by atoms with E-state index in [1.807, 2.05) is 28.6 Å². The van der Waals surface area contributed by atoms with Gasteiger partial charge in [-0.15, -0.1) is 11.8 Å². The predicted octanol–water partition coefficient (Wildman–Crippen LogP) is 5.59. The summed E-state index contributed by atoms with van der Waals surface area (Å²) in [5.74, 6) is -0.162. The van der Waals surface area contributed by atoms with Gasteiger partial charge in [0.1, 0.15) is 5.82 Å². The fourth-order valence-corrected chi connectivity index (χ4v) is 4.90. The zero-order valence-corrected chi connectivity index (χ0v) is 16.5. The minimum Gasteiger partial charge on any atom is -0.366 e. The second kappa shape index (κ2) is 7.77. The Hall–Kier alpha value is -2.27. The van der Waals surface area contributed by atoms with Crippen molar-refractivity contribution in [1.29, 1.82) is 0 Å². The van der Waals surface area contributed by atoms with Crippen molar-refractivity contribution in [3.05, 3.63) is 77.4 Å². The van der Waals surface area contributed by atoms with Crippen LogP contribution in [0.3, 0.4) is 0 Å². The number of nitrogens with zero attached hydrogens (tertiary/aromatic N) is 3. The number of hydrogen-bond acceptors (Lipinski definition) is 3. The lowest BCUT2D eigenvalue weighted by molar-refractivity contribution is 0.623. The molecule has 1 aromatic heterocycles. The van der Waals surface area contributed by atoms with E-state index in [1.54, 1.807) is 6.07 Å². The Labute approximate surface area is 164 Å². The summed E-state index contributed by atoms with van der Waals surface area (Å²) in [7, 11) is 0. The van der Waals surface area contributed by atoms with Crippen LogP contribution in [0.25, 0.3) is 0 Å². The molecule has 0 radical (unpaired) electrons. The topological polar surface area (TPSA) is 21.1 Å². The summed E-state index contributed by atoms with van der Waals surface area (Å²) in [4.78, 5) is 3.69. The van der Waals surface area contributed by atoms with Gasteiger partial charge in [-0.1, -0.05) is 24.3 Å². The molecule has 27 heavy (non-hydrogen) atoms. The third-order valence-electron chi connectivity index (χ3n) is 5.09. The highest BCUT2D eigenvalue weighted by Crippen LogP contribution is 2.45. The maximum absolute atomic E-state index is 13.7. The number of benzene rings is 2. The van der Waals surface area contributed by atoms with Crippen LogP contribution in [0.15, 0.2) is 59.6 Å². The van der Waals surface area contributed by atoms with Gasteiger partial charge in [-0.25, -0.2) is 4.39 Å². The SMILES string of the molecule is CCn1cc(CN2CC[C@@H](c3cccc(F)c3)Sc3ccccc32)c(C)n1. The highest BCUT2D eigenvalue weighted by Gasteiger charge is 2.24. The molecule has 4 rings (SSSR count). The number of halogens is 1. The molecule has 140 valence electrons. The van der Waals surface area contributed by atoms with Gasteiger partial charge in [0.05, 0.1) is 11.4 Å². The third-order valence-corrected chi connectivity index (χ3v) is 6.48. The smallest absolute Gasteiger partial charge is 0.123 e. The van der Waals surface area contributed by atoms with Crippen molar-refractivity contribution in [3.63, 3.8) is 0 Å². The van der Waals surface area contributed by atoms with E-state index in [9.17, 15) is 4.39 Å². The van der Waals surface area contributed by atoms with Crippen molar-refractivity contribution in [2.24, 2.45) is 0 Å². The van der Waals surface area contributed by atoms with Gasteiger partial charge in [0.2, 0.25) is 0 Å². The number of thioether (sulfide) groups is 1. The van der Waals surface area contributed by atoms with Crippen LogP contribution in [0.5, 0.6) is 0 Å². The van der Waals surface area contributed by atoms with Crippen molar-refractivity contribution >= 4 is 17.4 Å². The van der Waals surface area contributed by atoms with E-state index >= 15 is 0 Å². The average molecular weight is 382 g/mol. The first-order valence-electron chi connectivity index (χ1n) is 9.43. The fraction of sp³-hybridized carbons (Fsp3) is 0.318. The van der Waals surface area contributed by atoms with E-state index in [0.717, 1.165) is 37.3 Å². The molecule has 2 aromatic carbocycles. The Bertz CT molecular complexity index is 937. The molecule has 0 amide bonds. The lowest BCUT2D eigenvalue weighted by atomic mass is 10.1. The molecule has 0 fully saturated rings. The maximum Gasteiger partial charge on any atom is 0.123 e. The number of para-hydroxylation sites is 1. The van der Waals surface area contributed by atoms with Gasteiger partial charge in [-0.3, -0.25) is 4.68 Å². The summed E-state index contributed by atoms with van der Waals surface area (Å²) in [6, 6.07) is 15.6. The molecule has 0 saturated heterocycles. The Morgan fingerprint density at radius 2 is 2.04 bits per heavy atom. The third kappa shape index (κ3) is 3.88. The molecule has 0 unspecified atom stereocenters. The van der Waals surface area contributed by atoms with Crippen LogP contribution in [-0.2, 0) is 13.1 Å². The van der Waals surface area contributed by atoms with Crippen molar-refractivity contribution in [2.75, 3.05) is 11.4 Å². The first kappa shape index (κ1) is 18.1. The van der Waals surface area contributed by atoms with Crippen LogP contribution < -0.4 is 4.90 Å². The molecule has 0 N–H and O–H groups in total. The van der Waals surface area contributed by atoms with Crippen LogP contribution in [0.1, 0.15) is 35.4 Å². The highest BCUT2D eigenvalue weighted by molar-refractivity contribution is 7.99. The van der Waals surface area contributed by atoms with E-state index in [0.29, 0.717) is 0 Å². The van der Waals surface area contributed by atoms with Gasteiger partial charge >= 0.3 is 0 Å². The molecule has 3 aromatic rings. The zero-order chi connectivity index (χ0) is 18.8. The molecule has 1 aliphatic heterocycles. The predicted molar refractivity (Wildman–Crippen MR) is 110 cm³/mol. The molecule has 5 heteroatoms. The van der Waals surface area contributed by atoms with Crippen LogP contribution in [0.4, 0.5) is 10.1 Å². The summed E-state index contributed by atoms with van der Waals surface area (Å²) >= 11 is 1.84. The van der Waals surface area contributed by atoms with E-state index in [1.165, 1.54) is 22.2 Å². The summed E-state index contributed by atoms with van der Waals surface area (Å²) in [5.41, 5.74) is 4.67. The normalized spacial score (nSPS) is 16.9. The Kier molecular flexibility index (Phi) is 5.21. The zero-order valence-electron chi connectivity index (χ0n) is 15.7. The number of hydrogen-bond donors (Lipinski definition) is 0. The number of fused-ring (bicyclic) bond motifs is 1. The molecular formula is C22H24FN3S. The van der Waals surface area contributed by atoms with E-state index in [2.05, 4.69) is 54.3 Å². The lowest BCUT2D eigenvalue weighted by Gasteiger charge is -2.24. The molecular weight excluding hydrogens is 357 g/mol. The van der Waals surface area contributed by atoms with Gasteiger partial charge < -0.3 is 4.90 Å². The molecule has 0 spiro atoms. The van der Waals surface area contributed by atoms with E-state index < -0.39 is 0 Å². The minimum absolute atomic E-state index is 0.162. The Balaban J connectivity index is 1.63. The van der Waals surface area contributed by atoms with Crippen molar-refractivity contribution in [3.8, 4) is 0 Å². The molecule has 1 atom stereocenters. The maximum atomic E-state index is 13.7. The molecule has 1 aliphatic rings. The summed E-state index contributed by atoms with van der Waals surface area (Å²) in [6.45, 7) is 6.85. The first-order chi connectivity index (χ1) is 13.1. The van der Waals surface area contributed by atoms with E-state index in [4.69, 9.17) is 0 Å². The first-order valence-corrected chi connectivity index (χ1v) is 10.3. The Morgan fingerprint density at radius 1 is 1.19 bits per heavy atom. The fourth-order valence-electron chi connectivity index (χ4n) is 3.61. The van der Waals surface area contributed by atoms with Gasteiger partial charge in [0.15, 0.2) is 0 Å². The number of anilines is 1. The largest absolute Gasteiger partial charge is 0.366 e. The number of aryl methyl sites for hydroxylation is 2. The molecule has 0 bridgehead atoms. The second-order valence-electron chi connectivity index (χ2n) is 6.93. The number of rotatable bonds is 4. The average Bonchev–Trinajstić information content (AvgIpc) is 2.93. The molecule has 0 saturated carbocycles. The molecule has 3 nitrogen and oxygen atoms in total. The van der Waals surface area contributed by atoms with Crippen LogP contribution in [-0.4, -0.2) is 16.3 Å². The summed E-state index contributed by atoms with van der Waals surface area (Å²) in [6.07, 6.45) is 3.13. The van der Waals surface area contributed by atoms with Crippen LogP contribution in [0.2, 0.25) is 0 Å². The van der Waals surface area contributed by atoms with E-state index in [-0.39, 0.29) is 11.1 Å². The summed E-state index contributed by atoms with van der Waals surface area (Å²) < 4.78 is 15.7. The Morgan fingerprint density at radius 3 is 2.81 bits per heavy atom. The number of aromatic nitrogens is 2. The lowest BCUT2D eigenvalue weighted by Crippen LogP contribution is -2.24. The van der Waals surface area contributed by atoms with Gasteiger partial charge in [0, 0.05) is 41.5 Å². The second-order valence-corrected chi connectivity index (χ2v) is 8.18. The minimum atomic E-state index is -0.162. The van der Waals surface area contributed by atoms with Gasteiger partial charge in [0.25, 0.3) is 0 Å². The van der Waals surface area contributed by atoms with Gasteiger partial charge in [-0.05, 0) is 50.1 Å². The molecule has 0 aliphatic carbocycles. The summed E-state index contributed by atoms with van der Waals surface area (Å²) in [5, 5.41) is 4.85. The van der Waals surface area contributed by atoms with Crippen molar-refractivity contribution in [1.82, 2.24) is 9.78 Å². The monoisotopic (exact) mass is 381 g/mol. The van der Waals surface area contributed by atoms with Crippen molar-refractivity contribution < 1.29 is 4.39 Å².